The molecular formula is C14H22Cl2N2O2S. The molecule has 1 aromatic heterocycles. The maximum atomic E-state index is 12.2. The average molecular weight is 353 g/mol. The van der Waals surface area contributed by atoms with Crippen LogP contribution in [-0.4, -0.2) is 43.2 Å². The van der Waals surface area contributed by atoms with Crippen LogP contribution in [0, 0.1) is 0 Å². The lowest BCUT2D eigenvalue weighted by molar-refractivity contribution is -0.130. The van der Waals surface area contributed by atoms with Gasteiger partial charge in [-0.3, -0.25) is 4.79 Å². The summed E-state index contributed by atoms with van der Waals surface area (Å²) in [6.07, 6.45) is 2.49. The lowest BCUT2D eigenvalue weighted by Crippen LogP contribution is -2.39. The first-order valence-corrected chi connectivity index (χ1v) is 8.22. The maximum absolute atomic E-state index is 12.2. The molecule has 1 amide bonds. The average Bonchev–Trinajstić information content (AvgIpc) is 3.07. The molecule has 0 saturated carbocycles. The second-order valence-electron chi connectivity index (χ2n) is 4.88. The number of halogens is 2. The molecule has 1 saturated heterocycles. The van der Waals surface area contributed by atoms with Crippen molar-refractivity contribution in [3.63, 3.8) is 0 Å². The van der Waals surface area contributed by atoms with Gasteiger partial charge in [0.15, 0.2) is 0 Å². The molecule has 1 unspecified atom stereocenters. The highest BCUT2D eigenvalue weighted by atomic mass is 35.5. The van der Waals surface area contributed by atoms with Gasteiger partial charge in [0, 0.05) is 24.6 Å². The van der Waals surface area contributed by atoms with Gasteiger partial charge in [0.05, 0.1) is 23.5 Å². The van der Waals surface area contributed by atoms with Gasteiger partial charge in [-0.15, -0.1) is 23.7 Å². The summed E-state index contributed by atoms with van der Waals surface area (Å²) in [6.45, 7) is 5.30. The SMILES string of the molecule is CCN(Cc1ccc(Cl)s1)C(=O)CNCC1CCCO1.Cl. The predicted octanol–water partition coefficient (Wildman–Crippen LogP) is 2.94. The molecule has 7 heteroatoms. The summed E-state index contributed by atoms with van der Waals surface area (Å²) in [5.74, 6) is 0.120. The number of rotatable bonds is 7. The van der Waals surface area contributed by atoms with Crippen LogP contribution in [0.5, 0.6) is 0 Å². The summed E-state index contributed by atoms with van der Waals surface area (Å²) in [6, 6.07) is 3.85. The van der Waals surface area contributed by atoms with Crippen molar-refractivity contribution in [1.29, 1.82) is 0 Å². The fourth-order valence-electron chi connectivity index (χ4n) is 2.26. The summed E-state index contributed by atoms with van der Waals surface area (Å²) in [5.41, 5.74) is 0. The minimum absolute atomic E-state index is 0. The van der Waals surface area contributed by atoms with E-state index in [1.807, 2.05) is 24.0 Å². The van der Waals surface area contributed by atoms with Crippen LogP contribution in [0.3, 0.4) is 0 Å². The van der Waals surface area contributed by atoms with Gasteiger partial charge in [-0.2, -0.15) is 0 Å². The van der Waals surface area contributed by atoms with Crippen LogP contribution in [-0.2, 0) is 16.1 Å². The molecule has 0 radical (unpaired) electrons. The number of nitrogens with one attached hydrogen (secondary N) is 1. The Hall–Kier alpha value is -0.330. The molecule has 2 heterocycles. The van der Waals surface area contributed by atoms with Crippen molar-refractivity contribution in [3.05, 3.63) is 21.3 Å². The molecule has 1 fully saturated rings. The normalized spacial score (nSPS) is 17.5. The van der Waals surface area contributed by atoms with E-state index in [2.05, 4.69) is 5.32 Å². The number of carbonyl (C=O) groups excluding carboxylic acids is 1. The van der Waals surface area contributed by atoms with Crippen molar-refractivity contribution in [3.8, 4) is 0 Å². The van der Waals surface area contributed by atoms with E-state index in [9.17, 15) is 4.79 Å². The monoisotopic (exact) mass is 352 g/mol. The Morgan fingerprint density at radius 1 is 1.57 bits per heavy atom. The van der Waals surface area contributed by atoms with E-state index in [4.69, 9.17) is 16.3 Å². The van der Waals surface area contributed by atoms with Crippen molar-refractivity contribution >= 4 is 41.3 Å². The molecule has 4 nitrogen and oxygen atoms in total. The summed E-state index contributed by atoms with van der Waals surface area (Å²) >= 11 is 7.44. The number of nitrogens with zero attached hydrogens (tertiary/aromatic N) is 1. The number of ether oxygens (including phenoxy) is 1. The zero-order chi connectivity index (χ0) is 14.4. The van der Waals surface area contributed by atoms with Crippen LogP contribution in [0.4, 0.5) is 0 Å². The molecule has 1 atom stereocenters. The Kier molecular flexibility index (Phi) is 8.59. The number of hydrogen-bond acceptors (Lipinski definition) is 4. The molecule has 0 aliphatic carbocycles. The third-order valence-electron chi connectivity index (χ3n) is 3.38. The topological polar surface area (TPSA) is 41.6 Å². The summed E-state index contributed by atoms with van der Waals surface area (Å²) < 4.78 is 6.28. The first-order chi connectivity index (χ1) is 9.69. The summed E-state index contributed by atoms with van der Waals surface area (Å²) in [7, 11) is 0. The highest BCUT2D eigenvalue weighted by Gasteiger charge is 2.17. The lowest BCUT2D eigenvalue weighted by Gasteiger charge is -2.21. The van der Waals surface area contributed by atoms with E-state index in [-0.39, 0.29) is 24.4 Å². The molecule has 0 aromatic carbocycles. The Balaban J connectivity index is 0.00000220. The van der Waals surface area contributed by atoms with E-state index in [1.54, 1.807) is 0 Å². The fourth-order valence-corrected chi connectivity index (χ4v) is 3.36. The summed E-state index contributed by atoms with van der Waals surface area (Å²) in [5, 5.41) is 3.19. The van der Waals surface area contributed by atoms with E-state index in [1.165, 1.54) is 11.3 Å². The molecule has 120 valence electrons. The van der Waals surface area contributed by atoms with Crippen molar-refractivity contribution in [2.45, 2.75) is 32.4 Å². The van der Waals surface area contributed by atoms with Gasteiger partial charge in [-0.05, 0) is 31.9 Å². The molecule has 1 aromatic rings. The van der Waals surface area contributed by atoms with Crippen LogP contribution < -0.4 is 5.32 Å². The van der Waals surface area contributed by atoms with Crippen molar-refractivity contribution in [1.82, 2.24) is 10.2 Å². The van der Waals surface area contributed by atoms with E-state index in [0.717, 1.165) is 35.2 Å². The first-order valence-electron chi connectivity index (χ1n) is 7.03. The van der Waals surface area contributed by atoms with Gasteiger partial charge in [0.1, 0.15) is 0 Å². The number of likely N-dealkylation sites (N-methyl/N-ethyl adjacent to an activating group) is 1. The standard InChI is InChI=1S/C14H21ClN2O2S.ClH/c1-2-17(10-12-5-6-13(15)20-12)14(18)9-16-8-11-4-3-7-19-11;/h5-6,11,16H,2-4,7-10H2,1H3;1H. The van der Waals surface area contributed by atoms with Crippen LogP contribution in [0.1, 0.15) is 24.6 Å². The quantitative estimate of drug-likeness (QED) is 0.820. The van der Waals surface area contributed by atoms with Crippen LogP contribution in [0.2, 0.25) is 4.34 Å². The molecule has 2 rings (SSSR count). The van der Waals surface area contributed by atoms with Crippen molar-refractivity contribution < 1.29 is 9.53 Å². The maximum Gasteiger partial charge on any atom is 0.236 e. The molecule has 0 spiro atoms. The van der Waals surface area contributed by atoms with Gasteiger partial charge in [0.2, 0.25) is 5.91 Å². The third-order valence-corrected chi connectivity index (χ3v) is 4.60. The Labute approximate surface area is 141 Å². The zero-order valence-electron chi connectivity index (χ0n) is 12.1. The number of amides is 1. The third kappa shape index (κ3) is 6.12. The molecule has 1 aliphatic heterocycles. The van der Waals surface area contributed by atoms with Gasteiger partial charge in [-0.25, -0.2) is 0 Å². The molecular weight excluding hydrogens is 331 g/mol. The van der Waals surface area contributed by atoms with Crippen molar-refractivity contribution in [2.24, 2.45) is 0 Å². The smallest absolute Gasteiger partial charge is 0.236 e. The Morgan fingerprint density at radius 2 is 2.38 bits per heavy atom. The highest BCUT2D eigenvalue weighted by molar-refractivity contribution is 7.16. The molecule has 21 heavy (non-hydrogen) atoms. The van der Waals surface area contributed by atoms with Crippen LogP contribution in [0.15, 0.2) is 12.1 Å². The predicted molar refractivity (Wildman–Crippen MR) is 89.5 cm³/mol. The second-order valence-corrected chi connectivity index (χ2v) is 6.68. The number of carbonyl (C=O) groups is 1. The second kappa shape index (κ2) is 9.64. The fraction of sp³-hybridized carbons (Fsp3) is 0.643. The van der Waals surface area contributed by atoms with E-state index < -0.39 is 0 Å². The van der Waals surface area contributed by atoms with Gasteiger partial charge >= 0.3 is 0 Å². The van der Waals surface area contributed by atoms with Crippen LogP contribution >= 0.6 is 35.3 Å². The highest BCUT2D eigenvalue weighted by Crippen LogP contribution is 2.22. The van der Waals surface area contributed by atoms with Gasteiger partial charge < -0.3 is 15.0 Å². The largest absolute Gasteiger partial charge is 0.377 e. The lowest BCUT2D eigenvalue weighted by atomic mass is 10.2. The minimum Gasteiger partial charge on any atom is -0.377 e. The molecule has 0 bridgehead atoms. The van der Waals surface area contributed by atoms with E-state index in [0.29, 0.717) is 19.6 Å². The summed E-state index contributed by atoms with van der Waals surface area (Å²) in [4.78, 5) is 15.1. The van der Waals surface area contributed by atoms with Gasteiger partial charge in [0.25, 0.3) is 0 Å². The van der Waals surface area contributed by atoms with Gasteiger partial charge in [-0.1, -0.05) is 11.6 Å². The van der Waals surface area contributed by atoms with Crippen LogP contribution in [0.25, 0.3) is 0 Å². The number of thiophene rings is 1. The van der Waals surface area contributed by atoms with E-state index >= 15 is 0 Å². The Morgan fingerprint density at radius 3 is 2.95 bits per heavy atom. The number of hydrogen-bond donors (Lipinski definition) is 1. The van der Waals surface area contributed by atoms with Crippen molar-refractivity contribution in [2.75, 3.05) is 26.2 Å². The molecule has 1 N–H and O–H groups in total. The minimum atomic E-state index is 0. The molecule has 1 aliphatic rings. The first kappa shape index (κ1) is 18.7. The Bertz CT molecular complexity index is 436. The zero-order valence-corrected chi connectivity index (χ0v) is 14.5.